The normalized spacial score (nSPS) is 11.9. The van der Waals surface area contributed by atoms with E-state index in [0.717, 1.165) is 11.3 Å². The molecule has 1 heterocycles. The molecule has 0 radical (unpaired) electrons. The lowest BCUT2D eigenvalue weighted by atomic mass is 10.1. The van der Waals surface area contributed by atoms with E-state index in [1.165, 1.54) is 4.90 Å². The van der Waals surface area contributed by atoms with Gasteiger partial charge in [0.05, 0.1) is 6.04 Å². The molecule has 5 heteroatoms. The molecule has 3 N–H and O–H groups in total. The van der Waals surface area contributed by atoms with Crippen LogP contribution in [-0.4, -0.2) is 29.1 Å². The number of carbonyl (C=O) groups is 1. The summed E-state index contributed by atoms with van der Waals surface area (Å²) in [6.07, 6.45) is 3.68. The van der Waals surface area contributed by atoms with Crippen LogP contribution in [0.3, 0.4) is 0 Å². The first-order chi connectivity index (χ1) is 9.58. The fourth-order valence-electron chi connectivity index (χ4n) is 1.92. The summed E-state index contributed by atoms with van der Waals surface area (Å²) in [6.45, 7) is 0. The third kappa shape index (κ3) is 3.33. The van der Waals surface area contributed by atoms with Gasteiger partial charge in [-0.15, -0.1) is 0 Å². The number of nitrogens with two attached hydrogens (primary N) is 1. The van der Waals surface area contributed by atoms with Gasteiger partial charge in [-0.25, -0.2) is 0 Å². The number of aromatic hydroxyl groups is 1. The molecule has 0 spiro atoms. The number of benzene rings is 1. The second-order valence-corrected chi connectivity index (χ2v) is 4.58. The number of pyridine rings is 1. The smallest absolute Gasteiger partial charge is 0.243 e. The molecule has 1 unspecified atom stereocenters. The van der Waals surface area contributed by atoms with Gasteiger partial charge in [0.25, 0.3) is 0 Å². The van der Waals surface area contributed by atoms with Crippen LogP contribution in [0.25, 0.3) is 0 Å². The molecule has 0 saturated heterocycles. The van der Waals surface area contributed by atoms with Gasteiger partial charge >= 0.3 is 0 Å². The summed E-state index contributed by atoms with van der Waals surface area (Å²) >= 11 is 0. The first-order valence-corrected chi connectivity index (χ1v) is 6.29. The van der Waals surface area contributed by atoms with Crippen LogP contribution < -0.4 is 10.6 Å². The zero-order chi connectivity index (χ0) is 14.5. The Morgan fingerprint density at radius 2 is 1.85 bits per heavy atom. The average molecular weight is 271 g/mol. The van der Waals surface area contributed by atoms with Crippen LogP contribution >= 0.6 is 0 Å². The van der Waals surface area contributed by atoms with Crippen molar-refractivity contribution in [2.45, 2.75) is 12.5 Å². The number of nitrogens with zero attached hydrogens (tertiary/aromatic N) is 2. The van der Waals surface area contributed by atoms with Gasteiger partial charge in [-0.1, -0.05) is 12.1 Å². The molecular weight excluding hydrogens is 254 g/mol. The molecule has 2 aromatic rings. The SMILES string of the molecule is CN(C(=O)C(N)Cc1ccc(O)cc1)c1ccncc1. The number of aromatic nitrogens is 1. The highest BCUT2D eigenvalue weighted by molar-refractivity contribution is 5.96. The first-order valence-electron chi connectivity index (χ1n) is 6.29. The number of amides is 1. The molecule has 0 fully saturated rings. The van der Waals surface area contributed by atoms with Crippen LogP contribution in [0.15, 0.2) is 48.8 Å². The van der Waals surface area contributed by atoms with E-state index in [9.17, 15) is 9.90 Å². The molecule has 1 atom stereocenters. The maximum atomic E-state index is 12.2. The van der Waals surface area contributed by atoms with E-state index in [0.29, 0.717) is 6.42 Å². The molecule has 2 rings (SSSR count). The van der Waals surface area contributed by atoms with Crippen molar-refractivity contribution in [2.24, 2.45) is 5.73 Å². The molecule has 0 bridgehead atoms. The molecule has 0 aliphatic carbocycles. The van der Waals surface area contributed by atoms with Gasteiger partial charge in [-0.3, -0.25) is 9.78 Å². The minimum absolute atomic E-state index is 0.163. The minimum Gasteiger partial charge on any atom is -0.508 e. The molecule has 1 aromatic carbocycles. The minimum atomic E-state index is -0.627. The lowest BCUT2D eigenvalue weighted by Gasteiger charge is -2.21. The summed E-state index contributed by atoms with van der Waals surface area (Å²) in [6, 6.07) is 9.57. The monoisotopic (exact) mass is 271 g/mol. The molecule has 104 valence electrons. The summed E-state index contributed by atoms with van der Waals surface area (Å²) in [4.78, 5) is 17.7. The Bertz CT molecular complexity index is 569. The topological polar surface area (TPSA) is 79.5 Å². The Morgan fingerprint density at radius 3 is 2.45 bits per heavy atom. The highest BCUT2D eigenvalue weighted by Gasteiger charge is 2.19. The van der Waals surface area contributed by atoms with E-state index in [4.69, 9.17) is 5.73 Å². The van der Waals surface area contributed by atoms with Crippen molar-refractivity contribution in [1.82, 2.24) is 4.98 Å². The largest absolute Gasteiger partial charge is 0.508 e. The molecule has 0 aliphatic rings. The number of phenolic OH excluding ortho intramolecular Hbond substituents is 1. The predicted molar refractivity (Wildman–Crippen MR) is 77.4 cm³/mol. The van der Waals surface area contributed by atoms with E-state index in [1.807, 2.05) is 0 Å². The summed E-state index contributed by atoms with van der Waals surface area (Å²) in [5, 5.41) is 9.22. The number of hydrogen-bond donors (Lipinski definition) is 2. The highest BCUT2D eigenvalue weighted by Crippen LogP contribution is 2.14. The Kier molecular flexibility index (Phi) is 4.32. The van der Waals surface area contributed by atoms with Gasteiger partial charge < -0.3 is 15.7 Å². The van der Waals surface area contributed by atoms with Gasteiger partial charge in [0.1, 0.15) is 5.75 Å². The third-order valence-electron chi connectivity index (χ3n) is 3.09. The van der Waals surface area contributed by atoms with E-state index in [1.54, 1.807) is 55.8 Å². The lowest BCUT2D eigenvalue weighted by molar-refractivity contribution is -0.119. The first kappa shape index (κ1) is 14.0. The van der Waals surface area contributed by atoms with Gasteiger partial charge in [-0.2, -0.15) is 0 Å². The lowest BCUT2D eigenvalue weighted by Crippen LogP contribution is -2.43. The zero-order valence-electron chi connectivity index (χ0n) is 11.2. The van der Waals surface area contributed by atoms with Crippen molar-refractivity contribution < 1.29 is 9.90 Å². The second-order valence-electron chi connectivity index (χ2n) is 4.58. The molecule has 1 amide bonds. The van der Waals surface area contributed by atoms with Crippen LogP contribution in [0.2, 0.25) is 0 Å². The quantitative estimate of drug-likeness (QED) is 0.879. The van der Waals surface area contributed by atoms with E-state index in [-0.39, 0.29) is 11.7 Å². The van der Waals surface area contributed by atoms with Crippen LogP contribution in [0.5, 0.6) is 5.75 Å². The van der Waals surface area contributed by atoms with Gasteiger partial charge in [-0.05, 0) is 36.2 Å². The molecule has 20 heavy (non-hydrogen) atoms. The maximum Gasteiger partial charge on any atom is 0.243 e. The number of phenols is 1. The molecule has 1 aromatic heterocycles. The number of anilines is 1. The summed E-state index contributed by atoms with van der Waals surface area (Å²) in [5.74, 6) is 0.0341. The van der Waals surface area contributed by atoms with E-state index in [2.05, 4.69) is 4.98 Å². The predicted octanol–water partition coefficient (Wildman–Crippen LogP) is 1.32. The Labute approximate surface area is 117 Å². The second kappa shape index (κ2) is 6.16. The fourth-order valence-corrected chi connectivity index (χ4v) is 1.92. The van der Waals surface area contributed by atoms with Crippen LogP contribution in [0, 0.1) is 0 Å². The third-order valence-corrected chi connectivity index (χ3v) is 3.09. The van der Waals surface area contributed by atoms with E-state index < -0.39 is 6.04 Å². The van der Waals surface area contributed by atoms with Crippen molar-refractivity contribution in [3.8, 4) is 5.75 Å². The number of hydrogen-bond acceptors (Lipinski definition) is 4. The van der Waals surface area contributed by atoms with Crippen LogP contribution in [-0.2, 0) is 11.2 Å². The molecule has 0 aliphatic heterocycles. The molecule has 5 nitrogen and oxygen atoms in total. The summed E-state index contributed by atoms with van der Waals surface area (Å²) in [7, 11) is 1.69. The van der Waals surface area contributed by atoms with E-state index >= 15 is 0 Å². The molecule has 0 saturated carbocycles. The van der Waals surface area contributed by atoms with Gasteiger partial charge in [0.2, 0.25) is 5.91 Å². The van der Waals surface area contributed by atoms with Crippen LogP contribution in [0.4, 0.5) is 5.69 Å². The average Bonchev–Trinajstić information content (AvgIpc) is 2.49. The zero-order valence-corrected chi connectivity index (χ0v) is 11.2. The van der Waals surface area contributed by atoms with Crippen LogP contribution in [0.1, 0.15) is 5.56 Å². The summed E-state index contributed by atoms with van der Waals surface area (Å²) in [5.41, 5.74) is 7.62. The van der Waals surface area contributed by atoms with Crippen molar-refractivity contribution in [2.75, 3.05) is 11.9 Å². The van der Waals surface area contributed by atoms with Crippen molar-refractivity contribution in [3.05, 3.63) is 54.4 Å². The summed E-state index contributed by atoms with van der Waals surface area (Å²) < 4.78 is 0. The van der Waals surface area contributed by atoms with Gasteiger partial charge in [0, 0.05) is 25.1 Å². The van der Waals surface area contributed by atoms with Crippen molar-refractivity contribution in [1.29, 1.82) is 0 Å². The number of rotatable bonds is 4. The number of carbonyl (C=O) groups excluding carboxylic acids is 1. The Morgan fingerprint density at radius 1 is 1.25 bits per heavy atom. The Hall–Kier alpha value is -2.40. The van der Waals surface area contributed by atoms with Gasteiger partial charge in [0.15, 0.2) is 0 Å². The standard InChI is InChI=1S/C15H17N3O2/c1-18(12-6-8-17-9-7-12)15(20)14(16)10-11-2-4-13(19)5-3-11/h2-9,14,19H,10,16H2,1H3. The Balaban J connectivity index is 2.03. The fraction of sp³-hybridized carbons (Fsp3) is 0.200. The maximum absolute atomic E-state index is 12.2. The number of likely N-dealkylation sites (N-methyl/N-ethyl adjacent to an activating group) is 1. The molecular formula is C15H17N3O2. The van der Waals surface area contributed by atoms with Crippen molar-refractivity contribution in [3.63, 3.8) is 0 Å². The highest BCUT2D eigenvalue weighted by atomic mass is 16.3. The van der Waals surface area contributed by atoms with Crippen molar-refractivity contribution >= 4 is 11.6 Å².